The molecule has 6 heteroatoms. The fourth-order valence-corrected chi connectivity index (χ4v) is 2.80. The second-order valence-electron chi connectivity index (χ2n) is 5.44. The van der Waals surface area contributed by atoms with Crippen molar-refractivity contribution in [3.63, 3.8) is 0 Å². The van der Waals surface area contributed by atoms with Crippen LogP contribution in [0.4, 0.5) is 0 Å². The Labute approximate surface area is 124 Å². The van der Waals surface area contributed by atoms with E-state index < -0.39 is 0 Å². The maximum atomic E-state index is 12.6. The van der Waals surface area contributed by atoms with E-state index in [0.29, 0.717) is 25.2 Å². The van der Waals surface area contributed by atoms with Gasteiger partial charge in [-0.3, -0.25) is 9.59 Å². The van der Waals surface area contributed by atoms with E-state index in [4.69, 9.17) is 5.11 Å². The predicted octanol–water partition coefficient (Wildman–Crippen LogP) is 1.03. The molecule has 0 radical (unpaired) electrons. The van der Waals surface area contributed by atoms with Crippen molar-refractivity contribution in [3.8, 4) is 0 Å². The van der Waals surface area contributed by atoms with Crippen molar-refractivity contribution in [1.29, 1.82) is 0 Å². The first-order valence-corrected chi connectivity index (χ1v) is 7.67. The fraction of sp³-hybridized carbons (Fsp3) is 0.667. The van der Waals surface area contributed by atoms with E-state index in [1.54, 1.807) is 4.90 Å². The predicted molar refractivity (Wildman–Crippen MR) is 79.2 cm³/mol. The number of aryl methyl sites for hydroxylation is 1. The average molecular weight is 293 g/mol. The molecule has 116 valence electrons. The van der Waals surface area contributed by atoms with Crippen LogP contribution >= 0.6 is 0 Å². The van der Waals surface area contributed by atoms with Crippen LogP contribution in [0, 0.1) is 0 Å². The van der Waals surface area contributed by atoms with E-state index in [1.807, 2.05) is 6.92 Å². The summed E-state index contributed by atoms with van der Waals surface area (Å²) in [4.78, 5) is 26.1. The molecule has 2 heterocycles. The first-order valence-electron chi connectivity index (χ1n) is 7.67. The van der Waals surface area contributed by atoms with Crippen LogP contribution in [0.2, 0.25) is 0 Å². The van der Waals surface area contributed by atoms with Gasteiger partial charge in [0, 0.05) is 31.8 Å². The van der Waals surface area contributed by atoms with E-state index in [9.17, 15) is 9.59 Å². The molecule has 0 aliphatic carbocycles. The Bertz CT molecular complexity index is 539. The molecule has 1 atom stereocenters. The van der Waals surface area contributed by atoms with E-state index in [-0.39, 0.29) is 24.1 Å². The third-order valence-corrected chi connectivity index (χ3v) is 3.87. The second kappa shape index (κ2) is 7.36. The van der Waals surface area contributed by atoms with Gasteiger partial charge in [-0.25, -0.2) is 4.68 Å². The normalized spacial score (nSPS) is 18.8. The number of carbonyl (C=O) groups is 1. The molecule has 1 unspecified atom stereocenters. The van der Waals surface area contributed by atoms with Gasteiger partial charge < -0.3 is 10.0 Å². The molecular formula is C15H23N3O3. The maximum Gasteiger partial charge on any atom is 0.274 e. The molecule has 1 aromatic rings. The van der Waals surface area contributed by atoms with Crippen LogP contribution in [0.1, 0.15) is 49.5 Å². The lowest BCUT2D eigenvalue weighted by Crippen LogP contribution is -2.45. The maximum absolute atomic E-state index is 12.6. The lowest BCUT2D eigenvalue weighted by atomic mass is 9.99. The third kappa shape index (κ3) is 3.69. The third-order valence-electron chi connectivity index (χ3n) is 3.87. The minimum absolute atomic E-state index is 0.0737. The van der Waals surface area contributed by atoms with E-state index in [0.717, 1.165) is 25.7 Å². The Morgan fingerprint density at radius 1 is 1.43 bits per heavy atom. The van der Waals surface area contributed by atoms with Gasteiger partial charge in [-0.05, 0) is 38.2 Å². The number of likely N-dealkylation sites (tertiary alicyclic amines) is 1. The van der Waals surface area contributed by atoms with Gasteiger partial charge >= 0.3 is 0 Å². The van der Waals surface area contributed by atoms with Gasteiger partial charge in [0.25, 0.3) is 11.5 Å². The molecule has 21 heavy (non-hydrogen) atoms. The number of nitrogens with zero attached hydrogens (tertiary/aromatic N) is 3. The molecule has 0 bridgehead atoms. The highest BCUT2D eigenvalue weighted by Gasteiger charge is 2.28. The molecule has 2 rings (SSSR count). The van der Waals surface area contributed by atoms with Gasteiger partial charge in [0.15, 0.2) is 0 Å². The number of aliphatic hydroxyl groups excluding tert-OH is 1. The molecule has 1 fully saturated rings. The van der Waals surface area contributed by atoms with Crippen LogP contribution in [0.5, 0.6) is 0 Å². The number of hydrogen-bond donors (Lipinski definition) is 1. The average Bonchev–Trinajstić information content (AvgIpc) is 2.50. The van der Waals surface area contributed by atoms with Crippen molar-refractivity contribution in [2.75, 3.05) is 13.2 Å². The Hall–Kier alpha value is -1.69. The summed E-state index contributed by atoms with van der Waals surface area (Å²) in [6.45, 7) is 3.25. The van der Waals surface area contributed by atoms with Crippen LogP contribution in [0.15, 0.2) is 16.9 Å². The van der Waals surface area contributed by atoms with Crippen molar-refractivity contribution < 1.29 is 9.90 Å². The van der Waals surface area contributed by atoms with Gasteiger partial charge in [-0.15, -0.1) is 0 Å². The molecule has 0 saturated carbocycles. The number of aliphatic hydroxyl groups is 1. The Morgan fingerprint density at radius 3 is 2.95 bits per heavy atom. The van der Waals surface area contributed by atoms with Crippen LogP contribution in [-0.4, -0.2) is 44.9 Å². The molecule has 1 aliphatic heterocycles. The van der Waals surface area contributed by atoms with Gasteiger partial charge in [0.2, 0.25) is 0 Å². The zero-order valence-corrected chi connectivity index (χ0v) is 12.5. The van der Waals surface area contributed by atoms with Crippen LogP contribution in [0.25, 0.3) is 0 Å². The first kappa shape index (κ1) is 15.7. The highest BCUT2D eigenvalue weighted by molar-refractivity contribution is 5.92. The van der Waals surface area contributed by atoms with Crippen LogP contribution in [-0.2, 0) is 6.54 Å². The van der Waals surface area contributed by atoms with Gasteiger partial charge in [0.1, 0.15) is 5.69 Å². The van der Waals surface area contributed by atoms with E-state index in [1.165, 1.54) is 16.8 Å². The number of aromatic nitrogens is 2. The molecule has 1 N–H and O–H groups in total. The van der Waals surface area contributed by atoms with Crippen molar-refractivity contribution in [3.05, 3.63) is 28.2 Å². The van der Waals surface area contributed by atoms with Gasteiger partial charge in [-0.1, -0.05) is 6.92 Å². The van der Waals surface area contributed by atoms with Crippen molar-refractivity contribution in [2.24, 2.45) is 0 Å². The topological polar surface area (TPSA) is 75.4 Å². The summed E-state index contributed by atoms with van der Waals surface area (Å²) >= 11 is 0. The minimum Gasteiger partial charge on any atom is -0.396 e. The Balaban J connectivity index is 2.21. The largest absolute Gasteiger partial charge is 0.396 e. The van der Waals surface area contributed by atoms with Crippen molar-refractivity contribution >= 4 is 5.91 Å². The van der Waals surface area contributed by atoms with E-state index >= 15 is 0 Å². The Kier molecular flexibility index (Phi) is 5.50. The smallest absolute Gasteiger partial charge is 0.274 e. The summed E-state index contributed by atoms with van der Waals surface area (Å²) in [5, 5.41) is 13.3. The summed E-state index contributed by atoms with van der Waals surface area (Å²) in [6.07, 6.45) is 4.36. The molecule has 1 saturated heterocycles. The molecule has 1 aromatic heterocycles. The first-order chi connectivity index (χ1) is 10.2. The number of amides is 1. The zero-order chi connectivity index (χ0) is 15.2. The van der Waals surface area contributed by atoms with Gasteiger partial charge in [-0.2, -0.15) is 5.10 Å². The summed E-state index contributed by atoms with van der Waals surface area (Å²) in [5.41, 5.74) is 0.131. The quantitative estimate of drug-likeness (QED) is 0.880. The SMILES string of the molecule is CCCn1nc(C(=O)N2CCCCC2CCO)ccc1=O. The van der Waals surface area contributed by atoms with Crippen LogP contribution < -0.4 is 5.56 Å². The molecule has 0 spiro atoms. The van der Waals surface area contributed by atoms with Crippen LogP contribution in [0.3, 0.4) is 0 Å². The lowest BCUT2D eigenvalue weighted by molar-refractivity contribution is 0.0565. The van der Waals surface area contributed by atoms with Crippen molar-refractivity contribution in [2.45, 2.75) is 51.6 Å². The highest BCUT2D eigenvalue weighted by atomic mass is 16.3. The lowest BCUT2D eigenvalue weighted by Gasteiger charge is -2.35. The highest BCUT2D eigenvalue weighted by Crippen LogP contribution is 2.21. The molecule has 6 nitrogen and oxygen atoms in total. The second-order valence-corrected chi connectivity index (χ2v) is 5.44. The molecule has 1 aliphatic rings. The molecule has 1 amide bonds. The summed E-state index contributed by atoms with van der Waals surface area (Å²) < 4.78 is 1.35. The zero-order valence-electron chi connectivity index (χ0n) is 12.5. The number of piperidine rings is 1. The standard InChI is InChI=1S/C15H23N3O3/c1-2-9-18-14(20)7-6-13(16-18)15(21)17-10-4-3-5-12(17)8-11-19/h6-7,12,19H,2-5,8-11H2,1H3. The minimum atomic E-state index is -0.182. The molecule has 0 aromatic carbocycles. The summed E-state index contributed by atoms with van der Waals surface area (Å²) in [6, 6.07) is 2.98. The number of carbonyl (C=O) groups excluding carboxylic acids is 1. The number of hydrogen-bond acceptors (Lipinski definition) is 4. The Morgan fingerprint density at radius 2 is 2.24 bits per heavy atom. The summed E-state index contributed by atoms with van der Waals surface area (Å²) in [5.74, 6) is -0.141. The monoisotopic (exact) mass is 293 g/mol. The molecular weight excluding hydrogens is 270 g/mol. The summed E-state index contributed by atoms with van der Waals surface area (Å²) in [7, 11) is 0. The number of rotatable bonds is 5. The van der Waals surface area contributed by atoms with Gasteiger partial charge in [0.05, 0.1) is 0 Å². The van der Waals surface area contributed by atoms with E-state index in [2.05, 4.69) is 5.10 Å². The van der Waals surface area contributed by atoms with Crippen molar-refractivity contribution in [1.82, 2.24) is 14.7 Å². The fourth-order valence-electron chi connectivity index (χ4n) is 2.80.